The van der Waals surface area contributed by atoms with Crippen LogP contribution in [0.15, 0.2) is 78.9 Å². The van der Waals surface area contributed by atoms with Gasteiger partial charge in [-0.2, -0.15) is 0 Å². The number of benzene rings is 4. The molecular weight excluding hydrogens is 1030 g/mol. The second kappa shape index (κ2) is 21.9. The lowest BCUT2D eigenvalue weighted by molar-refractivity contribution is -0.141. The van der Waals surface area contributed by atoms with E-state index in [1.54, 1.807) is 0 Å². The maximum atomic E-state index is 17.0. The van der Waals surface area contributed by atoms with E-state index in [1.165, 1.54) is 31.9 Å². The van der Waals surface area contributed by atoms with Crippen LogP contribution in [0.4, 0.5) is 29.7 Å². The lowest BCUT2D eigenvalue weighted by Gasteiger charge is -2.36. The van der Waals surface area contributed by atoms with Gasteiger partial charge in [0.2, 0.25) is 11.8 Å². The lowest BCUT2D eigenvalue weighted by Crippen LogP contribution is -2.53. The van der Waals surface area contributed by atoms with E-state index in [0.717, 1.165) is 102 Å². The number of piperidine rings is 1. The van der Waals surface area contributed by atoms with E-state index >= 15 is 8.78 Å². The molecule has 4 aliphatic heterocycles. The van der Waals surface area contributed by atoms with Gasteiger partial charge in [-0.15, -0.1) is 0 Å². The summed E-state index contributed by atoms with van der Waals surface area (Å²) < 4.78 is 38.9. The summed E-state index contributed by atoms with van der Waals surface area (Å²) in [6.45, 7) is 8.66. The zero-order valence-corrected chi connectivity index (χ0v) is 47.3. The van der Waals surface area contributed by atoms with Crippen molar-refractivity contribution in [1.29, 1.82) is 0 Å². The van der Waals surface area contributed by atoms with Crippen molar-refractivity contribution in [3.63, 3.8) is 0 Å². The van der Waals surface area contributed by atoms with Gasteiger partial charge in [0.1, 0.15) is 29.4 Å². The summed E-state index contributed by atoms with van der Waals surface area (Å²) in [5, 5.41) is 12.8. The Bertz CT molecular complexity index is 3320. The van der Waals surface area contributed by atoms with Crippen LogP contribution in [0.3, 0.4) is 0 Å². The highest BCUT2D eigenvalue weighted by Gasteiger charge is 2.52. The Morgan fingerprint density at radius 2 is 1.20 bits per heavy atom. The van der Waals surface area contributed by atoms with Crippen molar-refractivity contribution in [2.45, 2.75) is 159 Å². The number of likely N-dealkylation sites (N-methyl/N-ethyl adjacent to an activating group) is 1. The summed E-state index contributed by atoms with van der Waals surface area (Å²) in [5.74, 6) is 0.300. The van der Waals surface area contributed by atoms with Crippen LogP contribution in [0.1, 0.15) is 163 Å². The number of anilines is 2. The van der Waals surface area contributed by atoms with Crippen LogP contribution in [-0.4, -0.2) is 115 Å². The second-order valence-electron chi connectivity index (χ2n) is 24.7. The van der Waals surface area contributed by atoms with Crippen LogP contribution in [0.25, 0.3) is 22.1 Å². The van der Waals surface area contributed by atoms with Gasteiger partial charge in [-0.3, -0.25) is 14.5 Å². The topological polar surface area (TPSA) is 183 Å². The first-order valence-electron chi connectivity index (χ1n) is 29.6. The fourth-order valence-corrected chi connectivity index (χ4v) is 15.5. The third-order valence-corrected chi connectivity index (χ3v) is 19.4. The van der Waals surface area contributed by atoms with Crippen LogP contribution in [0.2, 0.25) is 0 Å². The van der Waals surface area contributed by atoms with Gasteiger partial charge in [0.05, 0.1) is 53.3 Å². The smallest absolute Gasteiger partial charge is 0.407 e. The Kier molecular flexibility index (Phi) is 14.7. The minimum Gasteiger partial charge on any atom is -0.465 e. The molecule has 2 saturated carbocycles. The number of methoxy groups -OCH3 is 1. The zero-order chi connectivity index (χ0) is 56.5. The molecule has 6 heterocycles. The Morgan fingerprint density at radius 1 is 0.667 bits per heavy atom. The molecule has 0 radical (unpaired) electrons. The molecule has 4 saturated heterocycles. The number of carboxylic acid groups (broad SMARTS) is 1. The van der Waals surface area contributed by atoms with Gasteiger partial charge >= 0.3 is 12.2 Å². The fraction of sp³-hybridized carbons (Fsp3) is 0.524. The molecule has 6 aromatic rings. The van der Waals surface area contributed by atoms with Gasteiger partial charge in [0.15, 0.2) is 11.6 Å². The van der Waals surface area contributed by atoms with Crippen LogP contribution >= 0.6 is 0 Å². The average Bonchev–Trinajstić information content (AvgIpc) is 4.48. The molecule has 0 bridgehead atoms. The summed E-state index contributed by atoms with van der Waals surface area (Å²) >= 11 is 0. The van der Waals surface area contributed by atoms with Crippen LogP contribution in [0, 0.1) is 35.3 Å². The van der Waals surface area contributed by atoms with Crippen molar-refractivity contribution >= 4 is 57.4 Å². The van der Waals surface area contributed by atoms with Gasteiger partial charge in [-0.25, -0.2) is 28.3 Å². The van der Waals surface area contributed by atoms with E-state index in [-0.39, 0.29) is 71.5 Å². The van der Waals surface area contributed by atoms with Crippen molar-refractivity contribution in [3.05, 3.63) is 119 Å². The van der Waals surface area contributed by atoms with E-state index < -0.39 is 35.9 Å². The number of amides is 4. The number of imidazole rings is 2. The normalized spacial score (nSPS) is 25.6. The molecule has 6 aliphatic rings. The molecule has 428 valence electrons. The van der Waals surface area contributed by atoms with Gasteiger partial charge in [-0.05, 0) is 147 Å². The fourth-order valence-electron chi connectivity index (χ4n) is 15.5. The number of nitrogens with one attached hydrogen (secondary N) is 3. The zero-order valence-electron chi connectivity index (χ0n) is 47.3. The van der Waals surface area contributed by atoms with Crippen LogP contribution in [-0.2, 0) is 14.3 Å². The molecule has 0 spiro atoms. The molecular formula is C63H76F2N10O6. The number of aromatic nitrogens is 4. The molecule has 0 unspecified atom stereocenters. The molecule has 2 aliphatic carbocycles. The highest BCUT2D eigenvalue weighted by Crippen LogP contribution is 2.52. The van der Waals surface area contributed by atoms with Gasteiger partial charge < -0.3 is 44.7 Å². The Morgan fingerprint density at radius 3 is 1.69 bits per heavy atom. The maximum Gasteiger partial charge on any atom is 0.407 e. The van der Waals surface area contributed by atoms with Crippen molar-refractivity contribution in [2.24, 2.45) is 23.7 Å². The van der Waals surface area contributed by atoms with Crippen molar-refractivity contribution in [1.82, 2.24) is 40.0 Å². The number of carbonyl (C=O) groups excluding carboxylic acids is 3. The summed E-state index contributed by atoms with van der Waals surface area (Å²) in [5.41, 5.74) is 6.60. The Hall–Kier alpha value is -7.24. The summed E-state index contributed by atoms with van der Waals surface area (Å²) in [4.78, 5) is 80.5. The highest BCUT2D eigenvalue weighted by molar-refractivity contribution is 5.88. The Labute approximate surface area is 472 Å². The third kappa shape index (κ3) is 9.91. The number of nitrogens with zero attached hydrogens (tertiary/aromatic N) is 7. The lowest BCUT2D eigenvalue weighted by atomic mass is 9.89. The first kappa shape index (κ1) is 54.4. The summed E-state index contributed by atoms with van der Waals surface area (Å²) in [6, 6.07) is 22.7. The van der Waals surface area contributed by atoms with Crippen molar-refractivity contribution in [3.8, 4) is 0 Å². The van der Waals surface area contributed by atoms with E-state index in [4.69, 9.17) is 14.7 Å². The number of hydrogen-bond acceptors (Lipinski definition) is 9. The number of rotatable bonds is 13. The molecule has 6 fully saturated rings. The van der Waals surface area contributed by atoms with E-state index in [1.807, 2.05) is 78.8 Å². The number of likely N-dealkylation sites (tertiary alicyclic amines) is 2. The third-order valence-electron chi connectivity index (χ3n) is 19.4. The monoisotopic (exact) mass is 1110 g/mol. The second-order valence-corrected chi connectivity index (χ2v) is 24.7. The molecule has 4 aromatic carbocycles. The quantitative estimate of drug-likeness (QED) is 0.0868. The molecule has 81 heavy (non-hydrogen) atoms. The van der Waals surface area contributed by atoms with Crippen LogP contribution < -0.4 is 15.1 Å². The number of alkyl carbamates (subject to hydrolysis) is 1. The Balaban J connectivity index is 0.880. The standard InChI is InChI=1S/C63H76F2N10O6/c1-34(2)55(70-62(78)81-6)60(76)74-49-16-10-14-38(49)30-53(74)58-66-45-20-18-40(28-47(45)68-58)51-22-23-52(73(51)42-32-43(64)57(44(65)33-42)72-26-24-37(25-27-72)36-12-8-7-9-13-36)41-19-21-46-48(29-41)69-59(67-46)54-31-39-15-11-17-50(39)75(54)61(77)56(35(3)4)71(5)63(79)80/h7-9,12-13,18-21,28-29,32-35,37-39,49-56H,10-11,14-17,22-27,30-31H2,1-6H3,(H,66,68)(H,67,69)(H,70,78)(H,79,80)/t38-,39-,49-,50-,51+,52+,53-,54-,55-,56-/m0/s1. The number of H-pyrrole nitrogens is 2. The first-order valence-corrected chi connectivity index (χ1v) is 29.6. The van der Waals surface area contributed by atoms with E-state index in [9.17, 15) is 24.3 Å². The summed E-state index contributed by atoms with van der Waals surface area (Å²) in [6.07, 6.45) is 8.40. The highest BCUT2D eigenvalue weighted by atomic mass is 19.1. The summed E-state index contributed by atoms with van der Waals surface area (Å²) in [7, 11) is 2.77. The SMILES string of the molecule is COC(=O)N[C@H](C(=O)N1[C@H](c2nc3ccc([C@H]4CC[C@H](c5ccc6nc([C@@H]7C[C@@H]8CCC[C@@H]8N7C(=O)[C@H](C(C)C)N(C)C(=O)O)[nH]c6c5)N4c4cc(F)c(N5CCC(c6ccccc6)CC5)c(F)c4)cc3[nH]2)C[C@@H]2CCC[C@@H]21)C(C)C. The minimum absolute atomic E-state index is 0.000167. The first-order chi connectivity index (χ1) is 39.1. The molecule has 2 aromatic heterocycles. The van der Waals surface area contributed by atoms with Crippen LogP contribution in [0.5, 0.6) is 0 Å². The molecule has 18 heteroatoms. The predicted molar refractivity (Wildman–Crippen MR) is 306 cm³/mol. The number of aromatic amines is 2. The molecule has 16 nitrogen and oxygen atoms in total. The predicted octanol–water partition coefficient (Wildman–Crippen LogP) is 12.1. The largest absolute Gasteiger partial charge is 0.465 e. The number of ether oxygens (including phenoxy) is 1. The van der Waals surface area contributed by atoms with Gasteiger partial charge in [-0.1, -0.05) is 83.0 Å². The number of halogens is 2. The average molecular weight is 1110 g/mol. The molecule has 10 atom stereocenters. The molecule has 4 amide bonds. The van der Waals surface area contributed by atoms with Gasteiger partial charge in [0, 0.05) is 37.9 Å². The maximum absolute atomic E-state index is 17.0. The minimum atomic E-state index is -1.15. The molecule has 4 N–H and O–H groups in total. The number of fused-ring (bicyclic) bond motifs is 4. The number of carbonyl (C=O) groups is 4. The molecule has 12 rings (SSSR count). The van der Waals surface area contributed by atoms with Crippen molar-refractivity contribution in [2.75, 3.05) is 37.0 Å². The number of hydrogen-bond donors (Lipinski definition) is 4. The van der Waals surface area contributed by atoms with Gasteiger partial charge in [0.25, 0.3) is 0 Å². The van der Waals surface area contributed by atoms with E-state index in [0.29, 0.717) is 55.1 Å². The van der Waals surface area contributed by atoms with Crippen molar-refractivity contribution < 1.29 is 37.8 Å². The van der Waals surface area contributed by atoms with E-state index in [2.05, 4.69) is 50.5 Å².